The Labute approximate surface area is 93.8 Å². The maximum absolute atomic E-state index is 5.85. The summed E-state index contributed by atoms with van der Waals surface area (Å²) in [4.78, 5) is 2.62. The van der Waals surface area contributed by atoms with Crippen molar-refractivity contribution in [2.45, 2.75) is 57.9 Å². The van der Waals surface area contributed by atoms with Crippen molar-refractivity contribution in [3.05, 3.63) is 0 Å². The Hall–Kier alpha value is 0.250. The summed E-state index contributed by atoms with van der Waals surface area (Å²) in [5.41, 5.74) is 0. The molecule has 1 saturated carbocycles. The molecular formula is C12H24ClN. The van der Waals surface area contributed by atoms with Gasteiger partial charge in [0.15, 0.2) is 0 Å². The second-order valence-electron chi connectivity index (χ2n) is 4.37. The van der Waals surface area contributed by atoms with E-state index in [2.05, 4.69) is 11.8 Å². The summed E-state index contributed by atoms with van der Waals surface area (Å²) < 4.78 is 0. The number of rotatable bonds is 7. The molecule has 0 unspecified atom stereocenters. The Kier molecular flexibility index (Phi) is 6.63. The summed E-state index contributed by atoms with van der Waals surface area (Å²) in [6.45, 7) is 4.63. The Morgan fingerprint density at radius 3 is 2.43 bits per heavy atom. The highest BCUT2D eigenvalue weighted by Gasteiger charge is 2.21. The molecule has 14 heavy (non-hydrogen) atoms. The number of unbranched alkanes of at least 4 members (excludes halogenated alkanes) is 2. The van der Waals surface area contributed by atoms with Crippen LogP contribution in [-0.2, 0) is 0 Å². The van der Waals surface area contributed by atoms with Crippen molar-refractivity contribution < 1.29 is 0 Å². The molecule has 0 amide bonds. The number of hydrogen-bond donors (Lipinski definition) is 0. The van der Waals surface area contributed by atoms with E-state index >= 15 is 0 Å². The first-order valence-electron chi connectivity index (χ1n) is 6.18. The average molecular weight is 218 g/mol. The lowest BCUT2D eigenvalue weighted by molar-refractivity contribution is 0.206. The molecular weight excluding hydrogens is 194 g/mol. The van der Waals surface area contributed by atoms with Gasteiger partial charge in [-0.2, -0.15) is 0 Å². The van der Waals surface area contributed by atoms with Crippen LogP contribution >= 0.6 is 11.6 Å². The van der Waals surface area contributed by atoms with Crippen LogP contribution in [0.25, 0.3) is 0 Å². The number of hydrogen-bond acceptors (Lipinski definition) is 1. The number of nitrogens with zero attached hydrogens (tertiary/aromatic N) is 1. The minimum atomic E-state index is 0.794. The summed E-state index contributed by atoms with van der Waals surface area (Å²) in [6, 6.07) is 0.852. The predicted molar refractivity (Wildman–Crippen MR) is 64.1 cm³/mol. The van der Waals surface area contributed by atoms with Gasteiger partial charge >= 0.3 is 0 Å². The van der Waals surface area contributed by atoms with Gasteiger partial charge in [0.2, 0.25) is 0 Å². The van der Waals surface area contributed by atoms with E-state index in [4.69, 9.17) is 11.6 Å². The first kappa shape index (κ1) is 12.3. The zero-order chi connectivity index (χ0) is 10.2. The molecule has 0 bridgehead atoms. The standard InChI is InChI=1S/C12H24ClN/c1-2-3-6-10-14(11-9-13)12-7-4-5-8-12/h12H,2-11H2,1H3. The molecule has 1 aliphatic carbocycles. The molecule has 1 nitrogen and oxygen atoms in total. The average Bonchev–Trinajstić information content (AvgIpc) is 2.70. The van der Waals surface area contributed by atoms with Gasteiger partial charge in [0.05, 0.1) is 0 Å². The van der Waals surface area contributed by atoms with Gasteiger partial charge in [-0.1, -0.05) is 32.6 Å². The van der Waals surface area contributed by atoms with E-state index < -0.39 is 0 Å². The highest BCUT2D eigenvalue weighted by Crippen LogP contribution is 2.23. The summed E-state index contributed by atoms with van der Waals surface area (Å²) in [5.74, 6) is 0.794. The Morgan fingerprint density at radius 2 is 1.86 bits per heavy atom. The second kappa shape index (κ2) is 7.53. The van der Waals surface area contributed by atoms with E-state index in [1.54, 1.807) is 0 Å². The molecule has 0 radical (unpaired) electrons. The molecule has 0 spiro atoms. The van der Waals surface area contributed by atoms with E-state index in [1.807, 2.05) is 0 Å². The van der Waals surface area contributed by atoms with Crippen molar-refractivity contribution in [2.24, 2.45) is 0 Å². The van der Waals surface area contributed by atoms with E-state index in [1.165, 1.54) is 51.5 Å². The van der Waals surface area contributed by atoms with Crippen LogP contribution in [0.4, 0.5) is 0 Å². The van der Waals surface area contributed by atoms with Gasteiger partial charge < -0.3 is 0 Å². The fourth-order valence-corrected chi connectivity index (χ4v) is 2.64. The van der Waals surface area contributed by atoms with E-state index in [-0.39, 0.29) is 0 Å². The monoisotopic (exact) mass is 217 g/mol. The molecule has 0 aromatic heterocycles. The molecule has 1 fully saturated rings. The lowest BCUT2D eigenvalue weighted by atomic mass is 10.2. The van der Waals surface area contributed by atoms with Crippen LogP contribution in [0.5, 0.6) is 0 Å². The molecule has 0 aromatic rings. The van der Waals surface area contributed by atoms with Gasteiger partial charge in [-0.05, 0) is 25.8 Å². The Balaban J connectivity index is 2.22. The van der Waals surface area contributed by atoms with Gasteiger partial charge in [0, 0.05) is 18.5 Å². The van der Waals surface area contributed by atoms with Crippen LogP contribution in [0.1, 0.15) is 51.9 Å². The summed E-state index contributed by atoms with van der Waals surface area (Å²) in [7, 11) is 0. The first-order valence-corrected chi connectivity index (χ1v) is 6.72. The lowest BCUT2D eigenvalue weighted by Crippen LogP contribution is -2.35. The summed E-state index contributed by atoms with van der Waals surface area (Å²) >= 11 is 5.85. The molecule has 2 heteroatoms. The topological polar surface area (TPSA) is 3.24 Å². The van der Waals surface area contributed by atoms with E-state index in [0.29, 0.717) is 0 Å². The van der Waals surface area contributed by atoms with Crippen molar-refractivity contribution in [3.63, 3.8) is 0 Å². The van der Waals surface area contributed by atoms with Gasteiger partial charge in [0.1, 0.15) is 0 Å². The van der Waals surface area contributed by atoms with Crippen molar-refractivity contribution in [2.75, 3.05) is 19.0 Å². The largest absolute Gasteiger partial charge is 0.299 e. The third kappa shape index (κ3) is 4.18. The van der Waals surface area contributed by atoms with Crippen molar-refractivity contribution in [1.29, 1.82) is 0 Å². The van der Waals surface area contributed by atoms with Crippen LogP contribution in [-0.4, -0.2) is 29.9 Å². The highest BCUT2D eigenvalue weighted by molar-refractivity contribution is 6.18. The summed E-state index contributed by atoms with van der Waals surface area (Å²) in [5, 5.41) is 0. The fraction of sp³-hybridized carbons (Fsp3) is 1.00. The van der Waals surface area contributed by atoms with Gasteiger partial charge in [-0.15, -0.1) is 11.6 Å². The van der Waals surface area contributed by atoms with Crippen LogP contribution in [0.3, 0.4) is 0 Å². The predicted octanol–water partition coefficient (Wildman–Crippen LogP) is 3.66. The minimum Gasteiger partial charge on any atom is -0.299 e. The molecule has 84 valence electrons. The maximum Gasteiger partial charge on any atom is 0.0351 e. The Morgan fingerprint density at radius 1 is 1.14 bits per heavy atom. The summed E-state index contributed by atoms with van der Waals surface area (Å²) in [6.07, 6.45) is 9.70. The molecule has 0 heterocycles. The quantitative estimate of drug-likeness (QED) is 0.465. The van der Waals surface area contributed by atoms with Gasteiger partial charge in [-0.25, -0.2) is 0 Å². The van der Waals surface area contributed by atoms with Crippen LogP contribution in [0.15, 0.2) is 0 Å². The minimum absolute atomic E-state index is 0.794. The third-order valence-corrected chi connectivity index (χ3v) is 3.43. The number of alkyl halides is 1. The van der Waals surface area contributed by atoms with Gasteiger partial charge in [0.25, 0.3) is 0 Å². The maximum atomic E-state index is 5.85. The molecule has 0 atom stereocenters. The highest BCUT2D eigenvalue weighted by atomic mass is 35.5. The number of halogens is 1. The fourth-order valence-electron chi connectivity index (χ4n) is 2.42. The lowest BCUT2D eigenvalue weighted by Gasteiger charge is -2.27. The molecule has 0 aliphatic heterocycles. The van der Waals surface area contributed by atoms with Crippen molar-refractivity contribution >= 4 is 11.6 Å². The van der Waals surface area contributed by atoms with Crippen molar-refractivity contribution in [1.82, 2.24) is 4.90 Å². The van der Waals surface area contributed by atoms with Gasteiger partial charge in [-0.3, -0.25) is 4.90 Å². The molecule has 1 aliphatic rings. The zero-order valence-corrected chi connectivity index (χ0v) is 10.2. The van der Waals surface area contributed by atoms with E-state index in [0.717, 1.165) is 18.5 Å². The smallest absolute Gasteiger partial charge is 0.0351 e. The normalized spacial score (nSPS) is 18.2. The molecule has 0 saturated heterocycles. The molecule has 0 N–H and O–H groups in total. The zero-order valence-electron chi connectivity index (χ0n) is 9.47. The first-order chi connectivity index (χ1) is 6.88. The van der Waals surface area contributed by atoms with E-state index in [9.17, 15) is 0 Å². The van der Waals surface area contributed by atoms with Crippen LogP contribution in [0.2, 0.25) is 0 Å². The SMILES string of the molecule is CCCCCN(CCCl)C1CCCC1. The molecule has 1 rings (SSSR count). The molecule has 0 aromatic carbocycles. The Bertz CT molecular complexity index is 132. The van der Waals surface area contributed by atoms with Crippen molar-refractivity contribution in [3.8, 4) is 0 Å². The van der Waals surface area contributed by atoms with Crippen LogP contribution in [0, 0.1) is 0 Å². The van der Waals surface area contributed by atoms with Crippen LogP contribution < -0.4 is 0 Å². The third-order valence-electron chi connectivity index (χ3n) is 3.26. The second-order valence-corrected chi connectivity index (χ2v) is 4.75.